The highest BCUT2D eigenvalue weighted by Crippen LogP contribution is 2.01. The molecule has 0 aliphatic carbocycles. The molecule has 78 valence electrons. The lowest BCUT2D eigenvalue weighted by atomic mass is 10.2. The lowest BCUT2D eigenvalue weighted by Crippen LogP contribution is -2.15. The lowest BCUT2D eigenvalue weighted by molar-refractivity contribution is 0.686. The summed E-state index contributed by atoms with van der Waals surface area (Å²) in [5.74, 6) is 1.93. The average molecular weight is 195 g/mol. The van der Waals surface area contributed by atoms with Crippen LogP contribution in [0.1, 0.15) is 26.6 Å². The highest BCUT2D eigenvalue weighted by molar-refractivity contribution is 5.32. The van der Waals surface area contributed by atoms with E-state index in [1.807, 2.05) is 6.92 Å². The second-order valence-corrected chi connectivity index (χ2v) is 3.71. The van der Waals surface area contributed by atoms with E-state index >= 15 is 0 Å². The standard InChI is InChI=1S/C10H17N3O/c1-4-8-12-9(5-10(14)13-8)11-6-7(2)3/h5,7H,4,6H2,1-3H3,(H2,11,12,13,14). The largest absolute Gasteiger partial charge is 0.370 e. The number of rotatable bonds is 4. The second-order valence-electron chi connectivity index (χ2n) is 3.71. The fourth-order valence-electron chi connectivity index (χ4n) is 1.07. The molecule has 0 bridgehead atoms. The Morgan fingerprint density at radius 1 is 1.57 bits per heavy atom. The van der Waals surface area contributed by atoms with Gasteiger partial charge in [-0.1, -0.05) is 20.8 Å². The van der Waals surface area contributed by atoms with Gasteiger partial charge in [0, 0.05) is 19.0 Å². The molecule has 1 rings (SSSR count). The summed E-state index contributed by atoms with van der Waals surface area (Å²) in [6.45, 7) is 7.02. The molecule has 0 atom stereocenters. The molecule has 1 aromatic rings. The van der Waals surface area contributed by atoms with Gasteiger partial charge in [0.15, 0.2) is 0 Å². The molecule has 0 aliphatic heterocycles. The number of aromatic nitrogens is 2. The maximum absolute atomic E-state index is 11.2. The van der Waals surface area contributed by atoms with Crippen LogP contribution >= 0.6 is 0 Å². The third-order valence-electron chi connectivity index (χ3n) is 1.82. The Morgan fingerprint density at radius 3 is 2.86 bits per heavy atom. The van der Waals surface area contributed by atoms with Crippen LogP contribution in [0.4, 0.5) is 5.82 Å². The summed E-state index contributed by atoms with van der Waals surface area (Å²) in [4.78, 5) is 18.1. The first kappa shape index (κ1) is 10.8. The molecule has 1 heterocycles. The molecule has 4 nitrogen and oxygen atoms in total. The minimum absolute atomic E-state index is 0.0943. The van der Waals surface area contributed by atoms with Crippen molar-refractivity contribution >= 4 is 5.82 Å². The van der Waals surface area contributed by atoms with E-state index in [4.69, 9.17) is 0 Å². The molecule has 0 aromatic carbocycles. The van der Waals surface area contributed by atoms with Crippen molar-refractivity contribution in [2.75, 3.05) is 11.9 Å². The Bertz CT molecular complexity index is 343. The molecule has 0 spiro atoms. The molecule has 0 aliphatic rings. The minimum atomic E-state index is -0.0943. The van der Waals surface area contributed by atoms with Crippen LogP contribution in [0.5, 0.6) is 0 Å². The lowest BCUT2D eigenvalue weighted by Gasteiger charge is -2.08. The normalized spacial score (nSPS) is 10.6. The molecule has 1 aromatic heterocycles. The van der Waals surface area contributed by atoms with Crippen LogP contribution in [0.2, 0.25) is 0 Å². The third-order valence-corrected chi connectivity index (χ3v) is 1.82. The molecule has 0 radical (unpaired) electrons. The Hall–Kier alpha value is -1.32. The van der Waals surface area contributed by atoms with Crippen LogP contribution in [0.15, 0.2) is 10.9 Å². The van der Waals surface area contributed by atoms with E-state index in [1.165, 1.54) is 6.07 Å². The van der Waals surface area contributed by atoms with Gasteiger partial charge in [0.1, 0.15) is 11.6 Å². The first-order valence-electron chi connectivity index (χ1n) is 4.96. The zero-order chi connectivity index (χ0) is 10.6. The molecule has 2 N–H and O–H groups in total. The summed E-state index contributed by atoms with van der Waals surface area (Å²) < 4.78 is 0. The van der Waals surface area contributed by atoms with Gasteiger partial charge in [-0.15, -0.1) is 0 Å². The maximum atomic E-state index is 11.2. The summed E-state index contributed by atoms with van der Waals surface area (Å²) in [6.07, 6.45) is 0.742. The highest BCUT2D eigenvalue weighted by atomic mass is 16.1. The Kier molecular flexibility index (Phi) is 3.68. The van der Waals surface area contributed by atoms with Gasteiger partial charge in [0.25, 0.3) is 5.56 Å². The zero-order valence-corrected chi connectivity index (χ0v) is 8.92. The first-order valence-corrected chi connectivity index (χ1v) is 4.96. The summed E-state index contributed by atoms with van der Waals surface area (Å²) >= 11 is 0. The average Bonchev–Trinajstić information content (AvgIpc) is 2.14. The molecule has 0 unspecified atom stereocenters. The van der Waals surface area contributed by atoms with E-state index in [0.29, 0.717) is 11.7 Å². The predicted octanol–water partition coefficient (Wildman–Crippen LogP) is 1.40. The fourth-order valence-corrected chi connectivity index (χ4v) is 1.07. The van der Waals surface area contributed by atoms with Gasteiger partial charge in [-0.2, -0.15) is 0 Å². The molecule has 0 fully saturated rings. The number of aryl methyl sites for hydroxylation is 1. The van der Waals surface area contributed by atoms with Gasteiger partial charge >= 0.3 is 0 Å². The number of hydrogen-bond donors (Lipinski definition) is 2. The Morgan fingerprint density at radius 2 is 2.29 bits per heavy atom. The van der Waals surface area contributed by atoms with Crippen molar-refractivity contribution in [3.63, 3.8) is 0 Å². The SMILES string of the molecule is CCc1nc(NCC(C)C)cc(=O)[nH]1. The second kappa shape index (κ2) is 4.79. The molecule has 0 saturated heterocycles. The van der Waals surface area contributed by atoms with Crippen LogP contribution in [-0.2, 0) is 6.42 Å². The number of nitrogens with one attached hydrogen (secondary N) is 2. The van der Waals surface area contributed by atoms with Gasteiger partial charge in [0.05, 0.1) is 0 Å². The fraction of sp³-hybridized carbons (Fsp3) is 0.600. The van der Waals surface area contributed by atoms with Crippen LogP contribution < -0.4 is 10.9 Å². The summed E-state index contributed by atoms with van der Waals surface area (Å²) in [6, 6.07) is 1.49. The van der Waals surface area contributed by atoms with Gasteiger partial charge < -0.3 is 10.3 Å². The minimum Gasteiger partial charge on any atom is -0.370 e. The number of nitrogens with zero attached hydrogens (tertiary/aromatic N) is 1. The van der Waals surface area contributed by atoms with Crippen molar-refractivity contribution < 1.29 is 0 Å². The van der Waals surface area contributed by atoms with Crippen LogP contribution in [-0.4, -0.2) is 16.5 Å². The summed E-state index contributed by atoms with van der Waals surface area (Å²) in [7, 11) is 0. The maximum Gasteiger partial charge on any atom is 0.252 e. The zero-order valence-electron chi connectivity index (χ0n) is 8.92. The van der Waals surface area contributed by atoms with E-state index in [-0.39, 0.29) is 5.56 Å². The van der Waals surface area contributed by atoms with E-state index in [9.17, 15) is 4.79 Å². The predicted molar refractivity (Wildman–Crippen MR) is 57.6 cm³/mol. The number of H-pyrrole nitrogens is 1. The van der Waals surface area contributed by atoms with Crippen LogP contribution in [0.3, 0.4) is 0 Å². The molecule has 0 saturated carbocycles. The van der Waals surface area contributed by atoms with Gasteiger partial charge in [-0.05, 0) is 5.92 Å². The highest BCUT2D eigenvalue weighted by Gasteiger charge is 1.99. The van der Waals surface area contributed by atoms with Gasteiger partial charge in [-0.3, -0.25) is 4.79 Å². The monoisotopic (exact) mass is 195 g/mol. The van der Waals surface area contributed by atoms with Crippen molar-refractivity contribution in [1.29, 1.82) is 0 Å². The molecular formula is C10H17N3O. The number of anilines is 1. The molecule has 4 heteroatoms. The summed E-state index contributed by atoms with van der Waals surface area (Å²) in [5.41, 5.74) is -0.0943. The van der Waals surface area contributed by atoms with Crippen LogP contribution in [0, 0.1) is 5.92 Å². The van der Waals surface area contributed by atoms with E-state index in [1.54, 1.807) is 0 Å². The first-order chi connectivity index (χ1) is 6.61. The molecular weight excluding hydrogens is 178 g/mol. The van der Waals surface area contributed by atoms with Crippen molar-refractivity contribution in [1.82, 2.24) is 9.97 Å². The van der Waals surface area contributed by atoms with Gasteiger partial charge in [-0.25, -0.2) is 4.98 Å². The van der Waals surface area contributed by atoms with Crippen molar-refractivity contribution in [2.24, 2.45) is 5.92 Å². The Labute approximate surface area is 83.8 Å². The van der Waals surface area contributed by atoms with Crippen molar-refractivity contribution in [3.05, 3.63) is 22.2 Å². The number of aromatic amines is 1. The summed E-state index contributed by atoms with van der Waals surface area (Å²) in [5, 5.41) is 3.13. The molecule has 14 heavy (non-hydrogen) atoms. The topological polar surface area (TPSA) is 57.8 Å². The van der Waals surface area contributed by atoms with E-state index in [2.05, 4.69) is 29.1 Å². The number of hydrogen-bond acceptors (Lipinski definition) is 3. The third kappa shape index (κ3) is 3.20. The van der Waals surface area contributed by atoms with Crippen molar-refractivity contribution in [2.45, 2.75) is 27.2 Å². The van der Waals surface area contributed by atoms with Crippen LogP contribution in [0.25, 0.3) is 0 Å². The smallest absolute Gasteiger partial charge is 0.252 e. The molecule has 0 amide bonds. The van der Waals surface area contributed by atoms with Crippen molar-refractivity contribution in [3.8, 4) is 0 Å². The van der Waals surface area contributed by atoms with E-state index in [0.717, 1.165) is 18.8 Å². The Balaban J connectivity index is 2.76. The quantitative estimate of drug-likeness (QED) is 0.763. The van der Waals surface area contributed by atoms with E-state index < -0.39 is 0 Å². The van der Waals surface area contributed by atoms with Gasteiger partial charge in [0.2, 0.25) is 0 Å².